The Labute approximate surface area is 214 Å². The molecular formula is C26H21ClF4N4O2. The van der Waals surface area contributed by atoms with Crippen LogP contribution in [-0.2, 0) is 18.0 Å². The first-order valence-electron chi connectivity index (χ1n) is 11.4. The van der Waals surface area contributed by atoms with E-state index in [1.165, 1.54) is 22.8 Å². The number of aryl methyl sites for hydroxylation is 1. The molecule has 1 saturated heterocycles. The first kappa shape index (κ1) is 25.2. The summed E-state index contributed by atoms with van der Waals surface area (Å²) in [6.45, 7) is 2.50. The molecule has 1 aliphatic rings. The molecule has 0 saturated carbocycles. The number of halogens is 5. The van der Waals surface area contributed by atoms with Gasteiger partial charge in [-0.25, -0.2) is 14.4 Å². The Hall–Kier alpha value is -3.50. The van der Waals surface area contributed by atoms with Crippen molar-refractivity contribution in [3.05, 3.63) is 86.7 Å². The Morgan fingerprint density at radius 1 is 1.11 bits per heavy atom. The van der Waals surface area contributed by atoms with Crippen molar-refractivity contribution in [3.63, 3.8) is 0 Å². The Balaban J connectivity index is 1.62. The summed E-state index contributed by atoms with van der Waals surface area (Å²) < 4.78 is 61.9. The summed E-state index contributed by atoms with van der Waals surface area (Å²) in [5, 5.41) is 0.349. The number of aromatic nitrogens is 3. The Bertz CT molecular complexity index is 1570. The van der Waals surface area contributed by atoms with Gasteiger partial charge < -0.3 is 9.64 Å². The number of anilines is 1. The van der Waals surface area contributed by atoms with Gasteiger partial charge in [-0.15, -0.1) is 0 Å². The summed E-state index contributed by atoms with van der Waals surface area (Å²) in [5.74, 6) is 0.211. The SMILES string of the molecule is Cc1nc2cc(N3CCO[C@H](c4cccc(C(F)(F)F)c4)C3)nc(-c3ccc(Cl)cc3F)c2c(=O)n1C. The van der Waals surface area contributed by atoms with Gasteiger partial charge in [-0.1, -0.05) is 23.7 Å². The number of benzene rings is 2. The van der Waals surface area contributed by atoms with Crippen molar-refractivity contribution in [3.8, 4) is 11.3 Å². The molecule has 0 N–H and O–H groups in total. The van der Waals surface area contributed by atoms with E-state index in [9.17, 15) is 22.4 Å². The topological polar surface area (TPSA) is 60.2 Å². The molecule has 0 unspecified atom stereocenters. The maximum absolute atomic E-state index is 15.0. The molecular weight excluding hydrogens is 512 g/mol. The van der Waals surface area contributed by atoms with E-state index in [4.69, 9.17) is 16.3 Å². The van der Waals surface area contributed by atoms with Gasteiger partial charge in [0.1, 0.15) is 23.6 Å². The van der Waals surface area contributed by atoms with Crippen LogP contribution in [0, 0.1) is 12.7 Å². The highest BCUT2D eigenvalue weighted by Crippen LogP contribution is 2.35. The summed E-state index contributed by atoms with van der Waals surface area (Å²) in [7, 11) is 1.57. The molecule has 37 heavy (non-hydrogen) atoms. The van der Waals surface area contributed by atoms with Crippen LogP contribution >= 0.6 is 11.6 Å². The van der Waals surface area contributed by atoms with E-state index in [2.05, 4.69) is 9.97 Å². The van der Waals surface area contributed by atoms with Gasteiger partial charge >= 0.3 is 6.18 Å². The smallest absolute Gasteiger partial charge is 0.370 e. The molecule has 1 atom stereocenters. The van der Waals surface area contributed by atoms with E-state index >= 15 is 0 Å². The highest BCUT2D eigenvalue weighted by molar-refractivity contribution is 6.30. The maximum atomic E-state index is 15.0. The van der Waals surface area contributed by atoms with E-state index in [1.54, 1.807) is 26.1 Å². The predicted molar refractivity (Wildman–Crippen MR) is 132 cm³/mol. The monoisotopic (exact) mass is 532 g/mol. The molecule has 1 aliphatic heterocycles. The van der Waals surface area contributed by atoms with Crippen LogP contribution in [0.15, 0.2) is 53.3 Å². The van der Waals surface area contributed by atoms with Crippen molar-refractivity contribution in [1.82, 2.24) is 14.5 Å². The molecule has 2 aromatic heterocycles. The molecule has 5 rings (SSSR count). The number of alkyl halides is 3. The van der Waals surface area contributed by atoms with Crippen molar-refractivity contribution in [2.24, 2.45) is 7.05 Å². The molecule has 1 fully saturated rings. The third-order valence-corrected chi connectivity index (χ3v) is 6.67. The quantitative estimate of drug-likeness (QED) is 0.317. The van der Waals surface area contributed by atoms with E-state index in [0.717, 1.165) is 18.2 Å². The van der Waals surface area contributed by atoms with Crippen molar-refractivity contribution in [1.29, 1.82) is 0 Å². The number of pyridine rings is 1. The largest absolute Gasteiger partial charge is 0.416 e. The van der Waals surface area contributed by atoms with Crippen LogP contribution in [0.5, 0.6) is 0 Å². The van der Waals surface area contributed by atoms with E-state index < -0.39 is 23.7 Å². The minimum Gasteiger partial charge on any atom is -0.370 e. The van der Waals surface area contributed by atoms with Gasteiger partial charge in [-0.3, -0.25) is 9.36 Å². The number of hydrogen-bond donors (Lipinski definition) is 0. The van der Waals surface area contributed by atoms with Crippen LogP contribution < -0.4 is 10.5 Å². The predicted octanol–water partition coefficient (Wildman–Crippen LogP) is 5.69. The number of fused-ring (bicyclic) bond motifs is 1. The fourth-order valence-electron chi connectivity index (χ4n) is 4.39. The third-order valence-electron chi connectivity index (χ3n) is 6.43. The average molecular weight is 533 g/mol. The molecule has 0 amide bonds. The van der Waals surface area contributed by atoms with Gasteiger partial charge in [0.05, 0.1) is 28.8 Å². The lowest BCUT2D eigenvalue weighted by molar-refractivity contribution is -0.137. The number of nitrogens with zero attached hydrogens (tertiary/aromatic N) is 4. The molecule has 0 spiro atoms. The lowest BCUT2D eigenvalue weighted by atomic mass is 10.0. The van der Waals surface area contributed by atoms with Gasteiger partial charge in [0, 0.05) is 36.8 Å². The maximum Gasteiger partial charge on any atom is 0.416 e. The van der Waals surface area contributed by atoms with E-state index in [0.29, 0.717) is 29.3 Å². The van der Waals surface area contributed by atoms with Crippen molar-refractivity contribution in [2.45, 2.75) is 19.2 Å². The van der Waals surface area contributed by atoms with Crippen LogP contribution in [0.4, 0.5) is 23.4 Å². The van der Waals surface area contributed by atoms with Crippen molar-refractivity contribution in [2.75, 3.05) is 24.6 Å². The molecule has 0 aliphatic carbocycles. The highest BCUT2D eigenvalue weighted by atomic mass is 35.5. The van der Waals surface area contributed by atoms with Crippen molar-refractivity contribution >= 4 is 28.3 Å². The Kier molecular flexibility index (Phi) is 6.41. The molecule has 3 heterocycles. The Morgan fingerprint density at radius 2 is 1.89 bits per heavy atom. The molecule has 6 nitrogen and oxygen atoms in total. The number of rotatable bonds is 3. The van der Waals surface area contributed by atoms with Gasteiger partial charge in [-0.2, -0.15) is 13.2 Å². The Morgan fingerprint density at radius 3 is 2.62 bits per heavy atom. The fraction of sp³-hybridized carbons (Fsp3) is 0.269. The van der Waals surface area contributed by atoms with Gasteiger partial charge in [0.15, 0.2) is 0 Å². The van der Waals surface area contributed by atoms with Crippen LogP contribution in [0.25, 0.3) is 22.2 Å². The molecule has 0 bridgehead atoms. The number of morpholine rings is 1. The first-order chi connectivity index (χ1) is 17.5. The summed E-state index contributed by atoms with van der Waals surface area (Å²) in [6, 6.07) is 10.7. The minimum absolute atomic E-state index is 0.0849. The standard InChI is InChI=1S/C26H21ClF4N4O2/c1-14-32-20-12-22(33-24(23(20)25(36)34(14)2)18-7-6-17(27)11-19(18)28)35-8-9-37-21(13-35)15-4-3-5-16(10-15)26(29,30)31/h3-7,10-12,21H,8-9,13H2,1-2H3/t21-/m0/s1. The summed E-state index contributed by atoms with van der Waals surface area (Å²) >= 11 is 5.94. The van der Waals surface area contributed by atoms with E-state index in [-0.39, 0.29) is 40.4 Å². The minimum atomic E-state index is -4.47. The van der Waals surface area contributed by atoms with Gasteiger partial charge in [-0.05, 0) is 42.8 Å². The lowest BCUT2D eigenvalue weighted by Crippen LogP contribution is -2.39. The fourth-order valence-corrected chi connectivity index (χ4v) is 4.55. The van der Waals surface area contributed by atoms with Crippen LogP contribution in [-0.4, -0.2) is 34.2 Å². The molecule has 2 aromatic carbocycles. The second kappa shape index (κ2) is 9.42. The highest BCUT2D eigenvalue weighted by Gasteiger charge is 2.32. The zero-order chi connectivity index (χ0) is 26.5. The average Bonchev–Trinajstić information content (AvgIpc) is 2.86. The summed E-state index contributed by atoms with van der Waals surface area (Å²) in [4.78, 5) is 24.2. The van der Waals surface area contributed by atoms with Crippen LogP contribution in [0.2, 0.25) is 5.02 Å². The van der Waals surface area contributed by atoms with Crippen LogP contribution in [0.1, 0.15) is 23.1 Å². The lowest BCUT2D eigenvalue weighted by Gasteiger charge is -2.34. The zero-order valence-corrected chi connectivity index (χ0v) is 20.6. The second-order valence-electron chi connectivity index (χ2n) is 8.80. The number of ether oxygens (including phenoxy) is 1. The first-order valence-corrected chi connectivity index (χ1v) is 11.8. The third kappa shape index (κ3) is 4.78. The summed E-state index contributed by atoms with van der Waals surface area (Å²) in [5.41, 5.74) is -0.233. The van der Waals surface area contributed by atoms with Gasteiger partial charge in [0.25, 0.3) is 5.56 Å². The molecule has 4 aromatic rings. The van der Waals surface area contributed by atoms with E-state index in [1.807, 2.05) is 4.90 Å². The second-order valence-corrected chi connectivity index (χ2v) is 9.24. The molecule has 0 radical (unpaired) electrons. The zero-order valence-electron chi connectivity index (χ0n) is 19.8. The number of hydrogen-bond acceptors (Lipinski definition) is 5. The van der Waals surface area contributed by atoms with Gasteiger partial charge in [0.2, 0.25) is 0 Å². The molecule has 192 valence electrons. The van der Waals surface area contributed by atoms with Crippen molar-refractivity contribution < 1.29 is 22.3 Å². The molecule has 11 heteroatoms. The normalized spacial score (nSPS) is 16.4. The summed E-state index contributed by atoms with van der Waals surface area (Å²) in [6.07, 6.45) is -5.13. The van der Waals surface area contributed by atoms with Crippen LogP contribution in [0.3, 0.4) is 0 Å².